The molecule has 0 atom stereocenters. The summed E-state index contributed by atoms with van der Waals surface area (Å²) >= 11 is 0. The first kappa shape index (κ1) is 31.6. The van der Waals surface area contributed by atoms with Gasteiger partial charge < -0.3 is 4.57 Å². The Morgan fingerprint density at radius 1 is 0.365 bits per heavy atom. The Bertz CT molecular complexity index is 3700. The van der Waals surface area contributed by atoms with E-state index < -0.39 is 38.3 Å². The Kier molecular flexibility index (Phi) is 7.57. The van der Waals surface area contributed by atoms with Crippen LogP contribution in [0.2, 0.25) is 0 Å². The number of rotatable bonds is 8. The smallest absolute Gasteiger partial charge is 0.238 e. The third-order valence-electron chi connectivity index (χ3n) is 12.2. The van der Waals surface area contributed by atoms with E-state index in [0.717, 1.165) is 54.5 Å². The van der Waals surface area contributed by atoms with Gasteiger partial charge in [-0.3, -0.25) is 4.57 Å². The first-order valence-electron chi connectivity index (χ1n) is 23.5. The van der Waals surface area contributed by atoms with Crippen molar-refractivity contribution in [2.45, 2.75) is 0 Å². The summed E-state index contributed by atoms with van der Waals surface area (Å²) in [4.78, 5) is 15.8. The molecule has 0 radical (unpaired) electrons. The van der Waals surface area contributed by atoms with Gasteiger partial charge in [-0.2, -0.15) is 9.97 Å². The second kappa shape index (κ2) is 15.1. The fraction of sp³-hybridized carbons (Fsp3) is 0. The second-order valence-corrected chi connectivity index (χ2v) is 19.4. The largest absolute Gasteiger partial charge is 0.309 e. The van der Waals surface area contributed by atoms with E-state index in [9.17, 15) is 2.74 Å². The van der Waals surface area contributed by atoms with Crippen molar-refractivity contribution in [2.75, 3.05) is 0 Å². The van der Waals surface area contributed by atoms with Gasteiger partial charge in [0.2, 0.25) is 5.95 Å². The number of benzene rings is 9. The maximum absolute atomic E-state index is 9.22. The fourth-order valence-corrected chi connectivity index (χ4v) is 14.4. The molecule has 5 nitrogen and oxygen atoms in total. The monoisotopic (exact) mass is 826 g/mol. The summed E-state index contributed by atoms with van der Waals surface area (Å²) in [5.41, 5.74) is 5.03. The maximum Gasteiger partial charge on any atom is 0.238 e. The van der Waals surface area contributed by atoms with Gasteiger partial charge in [0, 0.05) is 32.7 Å². The van der Waals surface area contributed by atoms with E-state index in [0.29, 0.717) is 5.56 Å². The summed E-state index contributed by atoms with van der Waals surface area (Å²) in [6.45, 7) is 0. The van der Waals surface area contributed by atoms with E-state index in [1.165, 1.54) is 15.6 Å². The molecule has 12 rings (SSSR count). The number of nitrogens with zero attached hydrogens (tertiary/aromatic N) is 5. The van der Waals surface area contributed by atoms with E-state index in [-0.39, 0.29) is 23.2 Å². The topological polar surface area (TPSA) is 48.5 Å². The quantitative estimate of drug-likeness (QED) is 0.113. The van der Waals surface area contributed by atoms with Gasteiger partial charge in [0.1, 0.15) is 0 Å². The van der Waals surface area contributed by atoms with Crippen LogP contribution in [-0.4, -0.2) is 32.2 Å². The molecule has 3 aromatic heterocycles. The molecule has 0 saturated heterocycles. The molecule has 63 heavy (non-hydrogen) atoms. The summed E-state index contributed by atoms with van der Waals surface area (Å²) in [5, 5.41) is 8.79. The van der Waals surface area contributed by atoms with Crippen molar-refractivity contribution in [3.8, 4) is 34.4 Å². The Morgan fingerprint density at radius 2 is 0.778 bits per heavy atom. The van der Waals surface area contributed by atoms with Crippen LogP contribution in [0.5, 0.6) is 0 Å². The normalized spacial score (nSPS) is 12.9. The predicted octanol–water partition coefficient (Wildman–Crippen LogP) is 10.8. The van der Waals surface area contributed by atoms with Crippen molar-refractivity contribution in [3.05, 3.63) is 236 Å². The molecule has 6 heteroatoms. The molecular formula is C57H39N5Si. The predicted molar refractivity (Wildman–Crippen MR) is 263 cm³/mol. The summed E-state index contributed by atoms with van der Waals surface area (Å²) in [5.74, 6) is 0.472. The SMILES string of the molecule is [2H]c1c([2H])c([2H])c(-c2nc(-c3cc([Si](c4ccccc4)(c4ccccc4)c4ccccc4)ccc3-n3c4ccccc4c4ccccc43)nc(-n3c4ccccc4c4ccccc43)n2)c([2H])c1[2H]. The molecule has 0 N–H and O–H groups in total. The molecule has 0 aliphatic carbocycles. The number of hydrogen-bond donors (Lipinski definition) is 0. The molecule has 0 saturated carbocycles. The standard InChI is InChI=1S/C57H39N5Si/c1-5-21-40(22-6-1)55-58-56(60-57(59-55)62-52-35-19-15-31-47(52)48-32-16-20-36-53(48)62)49-39-44(37-38-54(49)61-50-33-17-13-29-45(50)46-30-14-18-34-51(46)61)63(41-23-7-2-8-24-41,42-25-9-3-10-26-42)43-27-11-4-12-28-43/h1-39H/i1D,5D,6D,21D,22D. The average Bonchev–Trinajstić information content (AvgIpc) is 3.92. The van der Waals surface area contributed by atoms with Crippen molar-refractivity contribution in [2.24, 2.45) is 0 Å². The summed E-state index contributed by atoms with van der Waals surface area (Å²) < 4.78 is 48.7. The van der Waals surface area contributed by atoms with Crippen LogP contribution in [0.15, 0.2) is 236 Å². The third-order valence-corrected chi connectivity index (χ3v) is 17.0. The van der Waals surface area contributed by atoms with E-state index in [1.54, 1.807) is 0 Å². The third kappa shape index (κ3) is 5.87. The highest BCUT2D eigenvalue weighted by atomic mass is 28.3. The lowest BCUT2D eigenvalue weighted by Gasteiger charge is -2.35. The molecule has 296 valence electrons. The molecule has 0 aliphatic rings. The zero-order chi connectivity index (χ0) is 46.1. The van der Waals surface area contributed by atoms with Crippen molar-refractivity contribution in [3.63, 3.8) is 0 Å². The molecule has 0 unspecified atom stereocenters. The lowest BCUT2D eigenvalue weighted by molar-refractivity contribution is 0.952. The van der Waals surface area contributed by atoms with Crippen molar-refractivity contribution < 1.29 is 6.85 Å². The van der Waals surface area contributed by atoms with Gasteiger partial charge >= 0.3 is 0 Å². The maximum atomic E-state index is 9.22. The summed E-state index contributed by atoms with van der Waals surface area (Å²) in [6.07, 6.45) is 0. The first-order valence-corrected chi connectivity index (χ1v) is 23.0. The highest BCUT2D eigenvalue weighted by Crippen LogP contribution is 2.37. The Labute approximate surface area is 372 Å². The van der Waals surface area contributed by atoms with Gasteiger partial charge in [0.15, 0.2) is 19.7 Å². The second-order valence-electron chi connectivity index (χ2n) is 15.6. The highest BCUT2D eigenvalue weighted by Gasteiger charge is 2.42. The molecular weight excluding hydrogens is 783 g/mol. The summed E-state index contributed by atoms with van der Waals surface area (Å²) in [7, 11) is -3.15. The lowest BCUT2D eigenvalue weighted by atomic mass is 10.1. The van der Waals surface area contributed by atoms with E-state index in [4.69, 9.17) is 19.1 Å². The minimum Gasteiger partial charge on any atom is -0.309 e. The van der Waals surface area contributed by atoms with Crippen LogP contribution >= 0.6 is 0 Å². The number of aromatic nitrogens is 5. The number of hydrogen-bond acceptors (Lipinski definition) is 3. The number of fused-ring (bicyclic) bond motifs is 6. The zero-order valence-corrected chi connectivity index (χ0v) is 34.9. The molecule has 0 amide bonds. The highest BCUT2D eigenvalue weighted by molar-refractivity contribution is 7.19. The first-order chi connectivity index (χ1) is 33.3. The van der Waals surface area contributed by atoms with Gasteiger partial charge in [-0.05, 0) is 57.1 Å². The van der Waals surface area contributed by atoms with Crippen LogP contribution in [0.3, 0.4) is 0 Å². The Hall–Kier alpha value is -8.19. The lowest BCUT2D eigenvalue weighted by Crippen LogP contribution is -2.74. The van der Waals surface area contributed by atoms with Gasteiger partial charge in [0.25, 0.3) is 0 Å². The van der Waals surface area contributed by atoms with Gasteiger partial charge in [-0.15, -0.1) is 0 Å². The van der Waals surface area contributed by atoms with Gasteiger partial charge in [0.05, 0.1) is 34.6 Å². The Balaban J connectivity index is 1.26. The molecule has 9 aromatic carbocycles. The number of para-hydroxylation sites is 4. The van der Waals surface area contributed by atoms with Crippen LogP contribution in [-0.2, 0) is 0 Å². The van der Waals surface area contributed by atoms with Crippen LogP contribution < -0.4 is 20.7 Å². The fourth-order valence-electron chi connectivity index (χ4n) is 9.59. The Morgan fingerprint density at radius 3 is 1.25 bits per heavy atom. The van der Waals surface area contributed by atoms with Crippen LogP contribution in [0.4, 0.5) is 0 Å². The average molecular weight is 827 g/mol. The van der Waals surface area contributed by atoms with Crippen LogP contribution in [0.1, 0.15) is 6.85 Å². The van der Waals surface area contributed by atoms with Gasteiger partial charge in [-0.1, -0.05) is 200 Å². The van der Waals surface area contributed by atoms with Crippen LogP contribution in [0.25, 0.3) is 78.0 Å². The van der Waals surface area contributed by atoms with E-state index >= 15 is 0 Å². The minimum atomic E-state index is -3.15. The molecule has 0 spiro atoms. The molecule has 0 fully saturated rings. The van der Waals surface area contributed by atoms with Crippen molar-refractivity contribution >= 4 is 72.4 Å². The molecule has 0 aliphatic heterocycles. The minimum absolute atomic E-state index is 0.0416. The molecule has 3 heterocycles. The zero-order valence-electron chi connectivity index (χ0n) is 38.9. The van der Waals surface area contributed by atoms with Gasteiger partial charge in [-0.25, -0.2) is 4.98 Å². The van der Waals surface area contributed by atoms with Crippen LogP contribution in [0, 0.1) is 0 Å². The molecule has 0 bridgehead atoms. The van der Waals surface area contributed by atoms with E-state index in [1.807, 2.05) is 53.1 Å². The molecule has 12 aromatic rings. The summed E-state index contributed by atoms with van der Waals surface area (Å²) in [6, 6.07) is 69.4. The van der Waals surface area contributed by atoms with E-state index in [2.05, 4.69) is 162 Å². The van der Waals surface area contributed by atoms with Crippen molar-refractivity contribution in [1.29, 1.82) is 0 Å². The van der Waals surface area contributed by atoms with Crippen molar-refractivity contribution in [1.82, 2.24) is 24.1 Å².